The van der Waals surface area contributed by atoms with Crippen LogP contribution in [0.25, 0.3) is 0 Å². The molecule has 130 valence electrons. The maximum atomic E-state index is 12.5. The average Bonchev–Trinajstić information content (AvgIpc) is 2.59. The van der Waals surface area contributed by atoms with Crippen molar-refractivity contribution in [1.29, 1.82) is 5.26 Å². The first-order valence-corrected chi connectivity index (χ1v) is 9.26. The molecule has 2 aromatic carbocycles. The summed E-state index contributed by atoms with van der Waals surface area (Å²) in [5.74, 6) is 0.0462. The molecule has 0 saturated heterocycles. The molecule has 1 amide bonds. The van der Waals surface area contributed by atoms with E-state index in [4.69, 9.17) is 10.00 Å². The van der Waals surface area contributed by atoms with Crippen molar-refractivity contribution in [2.45, 2.75) is 4.90 Å². The largest absolute Gasteiger partial charge is 0.496 e. The van der Waals surface area contributed by atoms with E-state index in [1.807, 2.05) is 0 Å². The van der Waals surface area contributed by atoms with Crippen molar-refractivity contribution in [1.82, 2.24) is 5.32 Å². The normalized spacial score (nSPS) is 10.6. The Labute approximate surface area is 153 Å². The minimum Gasteiger partial charge on any atom is -0.496 e. The first kappa shape index (κ1) is 18.8. The Morgan fingerprint density at radius 2 is 2.04 bits per heavy atom. The summed E-state index contributed by atoms with van der Waals surface area (Å²) < 4.78 is 33.2. The fraction of sp³-hybridized carbons (Fsp3) is 0.125. The van der Waals surface area contributed by atoms with Gasteiger partial charge in [-0.1, -0.05) is 6.07 Å². The molecule has 0 fully saturated rings. The summed E-state index contributed by atoms with van der Waals surface area (Å²) in [4.78, 5) is 11.8. The molecule has 0 unspecified atom stereocenters. The van der Waals surface area contributed by atoms with Crippen LogP contribution in [0, 0.1) is 11.3 Å². The van der Waals surface area contributed by atoms with E-state index in [0.717, 1.165) is 0 Å². The van der Waals surface area contributed by atoms with Crippen molar-refractivity contribution in [3.63, 3.8) is 0 Å². The number of ether oxygens (including phenoxy) is 1. The topological polar surface area (TPSA) is 108 Å². The van der Waals surface area contributed by atoms with Crippen LogP contribution >= 0.6 is 15.9 Å². The number of rotatable bonds is 6. The molecule has 25 heavy (non-hydrogen) atoms. The van der Waals surface area contributed by atoms with Gasteiger partial charge in [-0.2, -0.15) is 5.26 Å². The van der Waals surface area contributed by atoms with Gasteiger partial charge < -0.3 is 10.1 Å². The van der Waals surface area contributed by atoms with Crippen LogP contribution in [0.15, 0.2) is 51.8 Å². The van der Waals surface area contributed by atoms with E-state index in [1.165, 1.54) is 31.4 Å². The number of methoxy groups -OCH3 is 1. The summed E-state index contributed by atoms with van der Waals surface area (Å²) in [6.45, 7) is -0.159. The van der Waals surface area contributed by atoms with Gasteiger partial charge in [0.2, 0.25) is 0 Å². The average molecular weight is 424 g/mol. The molecule has 7 nitrogen and oxygen atoms in total. The Hall–Kier alpha value is -2.57. The lowest BCUT2D eigenvalue weighted by Gasteiger charge is -2.11. The fourth-order valence-electron chi connectivity index (χ4n) is 1.97. The number of sulfonamides is 1. The van der Waals surface area contributed by atoms with Crippen molar-refractivity contribution in [2.75, 3.05) is 18.4 Å². The smallest absolute Gasteiger partial charge is 0.261 e. The number of nitrogens with one attached hydrogen (secondary N) is 2. The van der Waals surface area contributed by atoms with Crippen molar-refractivity contribution >= 4 is 37.5 Å². The predicted molar refractivity (Wildman–Crippen MR) is 95.9 cm³/mol. The highest BCUT2D eigenvalue weighted by Crippen LogP contribution is 2.28. The number of amides is 1. The van der Waals surface area contributed by atoms with Crippen LogP contribution in [-0.4, -0.2) is 28.0 Å². The fourth-order valence-corrected chi connectivity index (χ4v) is 3.61. The summed E-state index contributed by atoms with van der Waals surface area (Å²) in [5.41, 5.74) is 0.487. The molecule has 0 heterocycles. The number of nitrogens with zero attached hydrogens (tertiary/aromatic N) is 1. The van der Waals surface area contributed by atoms with Gasteiger partial charge in [-0.25, -0.2) is 8.42 Å². The van der Waals surface area contributed by atoms with Crippen LogP contribution in [0.1, 0.15) is 10.4 Å². The second-order valence-corrected chi connectivity index (χ2v) is 7.36. The van der Waals surface area contributed by atoms with Gasteiger partial charge in [0, 0.05) is 5.56 Å². The lowest BCUT2D eigenvalue weighted by molar-refractivity contribution is 0.0958. The van der Waals surface area contributed by atoms with Crippen molar-refractivity contribution in [3.8, 4) is 11.8 Å². The summed E-state index contributed by atoms with van der Waals surface area (Å²) in [5, 5.41) is 10.8. The SMILES string of the molecule is COc1ccc(NS(=O)(=O)c2cccc(C(=O)NCC#N)c2)cc1Br. The second kappa shape index (κ2) is 8.00. The van der Waals surface area contributed by atoms with E-state index in [2.05, 4.69) is 26.0 Å². The zero-order valence-electron chi connectivity index (χ0n) is 13.1. The van der Waals surface area contributed by atoms with Crippen molar-refractivity contribution in [3.05, 3.63) is 52.5 Å². The maximum Gasteiger partial charge on any atom is 0.261 e. The van der Waals surface area contributed by atoms with Crippen LogP contribution in [0.5, 0.6) is 5.75 Å². The van der Waals surface area contributed by atoms with Crippen LogP contribution in [0.2, 0.25) is 0 Å². The minimum atomic E-state index is -3.88. The molecule has 2 rings (SSSR count). The summed E-state index contributed by atoms with van der Waals surface area (Å²) >= 11 is 3.29. The Balaban J connectivity index is 2.26. The number of benzene rings is 2. The van der Waals surface area contributed by atoms with E-state index in [9.17, 15) is 13.2 Å². The molecule has 0 aromatic heterocycles. The number of hydrogen-bond donors (Lipinski definition) is 2. The maximum absolute atomic E-state index is 12.5. The first-order valence-electron chi connectivity index (χ1n) is 6.99. The third kappa shape index (κ3) is 4.71. The zero-order chi connectivity index (χ0) is 18.4. The quantitative estimate of drug-likeness (QED) is 0.693. The second-order valence-electron chi connectivity index (χ2n) is 4.82. The van der Waals surface area contributed by atoms with Gasteiger partial charge in [0.05, 0.1) is 28.2 Å². The zero-order valence-corrected chi connectivity index (χ0v) is 15.5. The minimum absolute atomic E-state index is 0.0657. The van der Waals surface area contributed by atoms with Gasteiger partial charge in [-0.3, -0.25) is 9.52 Å². The Kier molecular flexibility index (Phi) is 6.01. The molecule has 0 aliphatic heterocycles. The van der Waals surface area contributed by atoms with E-state index in [1.54, 1.807) is 24.3 Å². The molecular formula is C16H14BrN3O4S. The highest BCUT2D eigenvalue weighted by molar-refractivity contribution is 9.10. The summed E-state index contributed by atoms with van der Waals surface area (Å²) in [6.07, 6.45) is 0. The molecule has 0 atom stereocenters. The third-order valence-electron chi connectivity index (χ3n) is 3.14. The predicted octanol–water partition coefficient (Wildman–Crippen LogP) is 2.51. The number of halogens is 1. The van der Waals surface area contributed by atoms with Gasteiger partial charge in [-0.15, -0.1) is 0 Å². The Morgan fingerprint density at radius 3 is 2.68 bits per heavy atom. The van der Waals surface area contributed by atoms with Crippen LogP contribution in [0.3, 0.4) is 0 Å². The van der Waals surface area contributed by atoms with Gasteiger partial charge in [0.25, 0.3) is 15.9 Å². The number of anilines is 1. The van der Waals surface area contributed by atoms with Crippen LogP contribution in [-0.2, 0) is 10.0 Å². The van der Waals surface area contributed by atoms with E-state index in [-0.39, 0.29) is 17.0 Å². The lowest BCUT2D eigenvalue weighted by atomic mass is 10.2. The highest BCUT2D eigenvalue weighted by Gasteiger charge is 2.17. The molecule has 0 radical (unpaired) electrons. The molecular weight excluding hydrogens is 410 g/mol. The Morgan fingerprint density at radius 1 is 1.28 bits per heavy atom. The highest BCUT2D eigenvalue weighted by atomic mass is 79.9. The number of hydrogen-bond acceptors (Lipinski definition) is 5. The molecule has 0 aliphatic carbocycles. The monoisotopic (exact) mass is 423 g/mol. The molecule has 0 aliphatic rings. The van der Waals surface area contributed by atoms with Gasteiger partial charge in [0.15, 0.2) is 0 Å². The molecule has 2 aromatic rings. The van der Waals surface area contributed by atoms with Gasteiger partial charge in [-0.05, 0) is 52.3 Å². The standard InChI is InChI=1S/C16H14BrN3O4S/c1-24-15-6-5-12(10-14(15)17)20-25(22,23)13-4-2-3-11(9-13)16(21)19-8-7-18/h2-6,9-10,20H,8H2,1H3,(H,19,21). The third-order valence-corrected chi connectivity index (χ3v) is 5.14. The molecule has 2 N–H and O–H groups in total. The number of carbonyl (C=O) groups is 1. The van der Waals surface area contributed by atoms with Crippen LogP contribution < -0.4 is 14.8 Å². The first-order chi connectivity index (χ1) is 11.9. The van der Waals surface area contributed by atoms with E-state index >= 15 is 0 Å². The molecule has 9 heteroatoms. The van der Waals surface area contributed by atoms with E-state index < -0.39 is 15.9 Å². The Bertz CT molecular complexity index is 939. The van der Waals surface area contributed by atoms with Crippen molar-refractivity contribution in [2.24, 2.45) is 0 Å². The lowest BCUT2D eigenvalue weighted by Crippen LogP contribution is -2.24. The summed E-state index contributed by atoms with van der Waals surface area (Å²) in [6, 6.07) is 12.1. The van der Waals surface area contributed by atoms with Gasteiger partial charge >= 0.3 is 0 Å². The molecule has 0 bridgehead atoms. The van der Waals surface area contributed by atoms with Crippen LogP contribution in [0.4, 0.5) is 5.69 Å². The van der Waals surface area contributed by atoms with Gasteiger partial charge in [0.1, 0.15) is 12.3 Å². The number of carbonyl (C=O) groups excluding carboxylic acids is 1. The number of nitriles is 1. The molecule has 0 spiro atoms. The summed E-state index contributed by atoms with van der Waals surface area (Å²) in [7, 11) is -2.38. The molecule has 0 saturated carbocycles. The van der Waals surface area contributed by atoms with Crippen molar-refractivity contribution < 1.29 is 17.9 Å². The van der Waals surface area contributed by atoms with E-state index in [0.29, 0.717) is 15.9 Å².